The van der Waals surface area contributed by atoms with E-state index in [1.54, 1.807) is 0 Å². The van der Waals surface area contributed by atoms with Gasteiger partial charge in [-0.15, -0.1) is 11.8 Å². The zero-order chi connectivity index (χ0) is 13.1. The van der Waals surface area contributed by atoms with Crippen molar-refractivity contribution in [2.24, 2.45) is 5.92 Å². The van der Waals surface area contributed by atoms with Gasteiger partial charge in [0.25, 0.3) is 0 Å². The van der Waals surface area contributed by atoms with Crippen molar-refractivity contribution in [3.63, 3.8) is 0 Å². The van der Waals surface area contributed by atoms with E-state index in [0.717, 1.165) is 12.0 Å². The van der Waals surface area contributed by atoms with Crippen molar-refractivity contribution in [1.29, 1.82) is 0 Å². The highest BCUT2D eigenvalue weighted by Gasteiger charge is 2.35. The van der Waals surface area contributed by atoms with Gasteiger partial charge in [-0.25, -0.2) is 10.0 Å². The molecule has 0 aromatic rings. The van der Waals surface area contributed by atoms with Gasteiger partial charge in [0.15, 0.2) is 0 Å². The third-order valence-electron chi connectivity index (χ3n) is 4.97. The smallest absolute Gasteiger partial charge is 0.121 e. The number of piperidine rings is 1. The largest absolute Gasteiger partial charge is 0.291 e. The molecule has 0 amide bonds. The summed E-state index contributed by atoms with van der Waals surface area (Å²) < 4.78 is 0. The molecule has 3 fully saturated rings. The summed E-state index contributed by atoms with van der Waals surface area (Å²) in [6.45, 7) is 6.14. The lowest BCUT2D eigenvalue weighted by Crippen LogP contribution is -2.58. The zero-order valence-electron chi connectivity index (χ0n) is 12.3. The molecule has 3 aliphatic rings. The second-order valence-corrected chi connectivity index (χ2v) is 7.67. The molecule has 1 aliphatic carbocycles. The maximum Gasteiger partial charge on any atom is 0.121 e. The molecule has 110 valence electrons. The van der Waals surface area contributed by atoms with Crippen molar-refractivity contribution in [2.45, 2.75) is 63.4 Å². The average Bonchev–Trinajstić information content (AvgIpc) is 2.96. The van der Waals surface area contributed by atoms with Gasteiger partial charge in [0.2, 0.25) is 0 Å². The van der Waals surface area contributed by atoms with E-state index in [1.807, 2.05) is 0 Å². The molecule has 0 aromatic carbocycles. The van der Waals surface area contributed by atoms with Gasteiger partial charge in [-0.1, -0.05) is 26.2 Å². The highest BCUT2D eigenvalue weighted by molar-refractivity contribution is 8.00. The summed E-state index contributed by atoms with van der Waals surface area (Å²) in [4.78, 5) is 0. The van der Waals surface area contributed by atoms with E-state index in [1.165, 1.54) is 70.3 Å². The molecule has 2 saturated heterocycles. The van der Waals surface area contributed by atoms with Gasteiger partial charge in [-0.3, -0.25) is 5.32 Å². The molecule has 1 N–H and O–H groups in total. The van der Waals surface area contributed by atoms with Gasteiger partial charge in [-0.2, -0.15) is 0 Å². The third-order valence-corrected chi connectivity index (χ3v) is 6.11. The Balaban J connectivity index is 1.67. The van der Waals surface area contributed by atoms with Gasteiger partial charge in [0.1, 0.15) is 5.50 Å². The first-order chi connectivity index (χ1) is 9.34. The van der Waals surface area contributed by atoms with Crippen LogP contribution in [0.25, 0.3) is 0 Å². The minimum absolute atomic E-state index is 0.552. The molecule has 1 atom stereocenters. The molecular weight excluding hydrogens is 254 g/mol. The van der Waals surface area contributed by atoms with Crippen LogP contribution >= 0.6 is 11.8 Å². The molecule has 2 heterocycles. The second kappa shape index (κ2) is 6.79. The van der Waals surface area contributed by atoms with Crippen LogP contribution in [-0.4, -0.2) is 46.9 Å². The van der Waals surface area contributed by atoms with Crippen molar-refractivity contribution in [3.05, 3.63) is 0 Å². The Kier molecular flexibility index (Phi) is 5.07. The van der Waals surface area contributed by atoms with Crippen LogP contribution in [0.1, 0.15) is 51.9 Å². The van der Waals surface area contributed by atoms with Crippen molar-refractivity contribution in [3.8, 4) is 0 Å². The summed E-state index contributed by atoms with van der Waals surface area (Å²) >= 11 is 2.11. The Morgan fingerprint density at radius 2 is 1.79 bits per heavy atom. The Morgan fingerprint density at radius 1 is 1.05 bits per heavy atom. The van der Waals surface area contributed by atoms with E-state index in [4.69, 9.17) is 0 Å². The summed E-state index contributed by atoms with van der Waals surface area (Å²) in [6.07, 6.45) is 9.88. The van der Waals surface area contributed by atoms with E-state index in [-0.39, 0.29) is 0 Å². The molecule has 19 heavy (non-hydrogen) atoms. The number of nitrogens with zero attached hydrogens (tertiary/aromatic N) is 2. The van der Waals surface area contributed by atoms with Crippen LogP contribution in [-0.2, 0) is 0 Å². The van der Waals surface area contributed by atoms with Gasteiger partial charge in [-0.05, 0) is 31.6 Å². The number of thioether (sulfide) groups is 1. The summed E-state index contributed by atoms with van der Waals surface area (Å²) in [5, 5.41) is 9.15. The Morgan fingerprint density at radius 3 is 2.42 bits per heavy atom. The molecule has 3 rings (SSSR count). The maximum absolute atomic E-state index is 3.71. The topological polar surface area (TPSA) is 18.5 Å². The van der Waals surface area contributed by atoms with Crippen molar-refractivity contribution in [2.75, 3.05) is 25.4 Å². The van der Waals surface area contributed by atoms with Crippen LogP contribution in [0, 0.1) is 5.92 Å². The van der Waals surface area contributed by atoms with Crippen molar-refractivity contribution < 1.29 is 0 Å². The number of rotatable bonds is 3. The molecule has 0 aromatic heterocycles. The number of nitrogens with one attached hydrogen (secondary N) is 1. The lowest BCUT2D eigenvalue weighted by Gasteiger charge is -2.47. The van der Waals surface area contributed by atoms with Gasteiger partial charge >= 0.3 is 0 Å². The molecule has 0 spiro atoms. The number of hydrazine groups is 1. The van der Waals surface area contributed by atoms with Crippen LogP contribution in [0.2, 0.25) is 0 Å². The Bertz CT molecular complexity index is 267. The third kappa shape index (κ3) is 3.46. The number of hydrogen-bond donors (Lipinski definition) is 1. The van der Waals surface area contributed by atoms with Gasteiger partial charge in [0.05, 0.1) is 0 Å². The van der Waals surface area contributed by atoms with Crippen molar-refractivity contribution >= 4 is 11.8 Å². The quantitative estimate of drug-likeness (QED) is 0.858. The minimum Gasteiger partial charge on any atom is -0.291 e. The molecule has 0 bridgehead atoms. The number of hydrogen-bond acceptors (Lipinski definition) is 4. The molecule has 1 unspecified atom stereocenters. The highest BCUT2D eigenvalue weighted by atomic mass is 32.2. The summed E-state index contributed by atoms with van der Waals surface area (Å²) in [7, 11) is 0. The average molecular weight is 283 g/mol. The fourth-order valence-electron chi connectivity index (χ4n) is 3.72. The van der Waals surface area contributed by atoms with Crippen LogP contribution in [0.3, 0.4) is 0 Å². The SMILES string of the molecule is CC1CCN(N(C2CCCCC2)C2NCCS2)CC1. The lowest BCUT2D eigenvalue weighted by molar-refractivity contribution is -0.101. The molecule has 4 heteroatoms. The second-order valence-electron chi connectivity index (χ2n) is 6.49. The standard InChI is InChI=1S/C15H29N3S/c1-13-7-10-17(11-8-13)18(15-16-9-12-19-15)14-5-3-2-4-6-14/h13-16H,2-12H2,1H3. The van der Waals surface area contributed by atoms with E-state index >= 15 is 0 Å². The first-order valence-electron chi connectivity index (χ1n) is 8.23. The lowest BCUT2D eigenvalue weighted by atomic mass is 9.94. The highest BCUT2D eigenvalue weighted by Crippen LogP contribution is 2.31. The van der Waals surface area contributed by atoms with Gasteiger partial charge < -0.3 is 0 Å². The van der Waals surface area contributed by atoms with Crippen LogP contribution < -0.4 is 5.32 Å². The zero-order valence-corrected chi connectivity index (χ0v) is 13.1. The summed E-state index contributed by atoms with van der Waals surface area (Å²) in [5.74, 6) is 2.20. The van der Waals surface area contributed by atoms with E-state index in [0.29, 0.717) is 5.50 Å². The normalized spacial score (nSPS) is 32.2. The van der Waals surface area contributed by atoms with Crippen LogP contribution in [0.4, 0.5) is 0 Å². The molecule has 2 aliphatic heterocycles. The Hall–Kier alpha value is 0.230. The summed E-state index contributed by atoms with van der Waals surface area (Å²) in [5.41, 5.74) is 0.552. The Labute approximate surface area is 122 Å². The van der Waals surface area contributed by atoms with E-state index < -0.39 is 0 Å². The molecular formula is C15H29N3S. The first-order valence-corrected chi connectivity index (χ1v) is 9.27. The minimum atomic E-state index is 0.552. The van der Waals surface area contributed by atoms with Crippen LogP contribution in [0.15, 0.2) is 0 Å². The molecule has 3 nitrogen and oxygen atoms in total. The fourth-order valence-corrected chi connectivity index (χ4v) is 4.88. The molecule has 0 radical (unpaired) electrons. The maximum atomic E-state index is 3.71. The monoisotopic (exact) mass is 283 g/mol. The van der Waals surface area contributed by atoms with E-state index in [2.05, 4.69) is 34.0 Å². The van der Waals surface area contributed by atoms with E-state index in [9.17, 15) is 0 Å². The first kappa shape index (κ1) is 14.2. The van der Waals surface area contributed by atoms with Crippen molar-refractivity contribution in [1.82, 2.24) is 15.3 Å². The van der Waals surface area contributed by atoms with Gasteiger partial charge in [0, 0.05) is 31.4 Å². The molecule has 1 saturated carbocycles. The van der Waals surface area contributed by atoms with Crippen LogP contribution in [0.5, 0.6) is 0 Å². The summed E-state index contributed by atoms with van der Waals surface area (Å²) in [6, 6.07) is 0.797. The predicted octanol–water partition coefficient (Wildman–Crippen LogP) is 2.89. The fraction of sp³-hybridized carbons (Fsp3) is 1.00. The predicted molar refractivity (Wildman–Crippen MR) is 82.9 cm³/mol.